The van der Waals surface area contributed by atoms with Crippen LogP contribution >= 0.6 is 0 Å². The maximum absolute atomic E-state index is 5.42. The Balaban J connectivity index is 2.18. The first kappa shape index (κ1) is 8.74. The second-order valence-electron chi connectivity index (χ2n) is 3.09. The highest BCUT2D eigenvalue weighted by Gasteiger charge is 2.06. The van der Waals surface area contributed by atoms with E-state index in [1.165, 1.54) is 0 Å². The molecule has 0 bridgehead atoms. The summed E-state index contributed by atoms with van der Waals surface area (Å²) in [5.41, 5.74) is 6.32. The third kappa shape index (κ3) is 1.59. The van der Waals surface area contributed by atoms with Gasteiger partial charge in [0.1, 0.15) is 12.3 Å². The van der Waals surface area contributed by atoms with Crippen LogP contribution in [0, 0.1) is 13.8 Å². The number of rotatable bonds is 2. The standard InChI is InChI=1S/C8H11N5O/c1-5-6(2)14-8(10-5)4-13-3-7(9)11-12-13/h3H,4,9H2,1-2H3. The molecule has 0 spiro atoms. The summed E-state index contributed by atoms with van der Waals surface area (Å²) in [4.78, 5) is 4.22. The van der Waals surface area contributed by atoms with Crippen molar-refractivity contribution < 1.29 is 4.42 Å². The number of nitrogens with zero attached hydrogens (tertiary/aromatic N) is 4. The molecule has 0 atom stereocenters. The van der Waals surface area contributed by atoms with Crippen LogP contribution in [0.25, 0.3) is 0 Å². The summed E-state index contributed by atoms with van der Waals surface area (Å²) in [5, 5.41) is 7.45. The maximum Gasteiger partial charge on any atom is 0.216 e. The summed E-state index contributed by atoms with van der Waals surface area (Å²) in [6.07, 6.45) is 1.63. The molecule has 0 radical (unpaired) electrons. The smallest absolute Gasteiger partial charge is 0.216 e. The highest BCUT2D eigenvalue weighted by molar-refractivity contribution is 5.20. The molecule has 0 fully saturated rings. The number of oxazole rings is 1. The van der Waals surface area contributed by atoms with Crippen LogP contribution in [-0.2, 0) is 6.54 Å². The summed E-state index contributed by atoms with van der Waals surface area (Å²) in [5.74, 6) is 1.84. The van der Waals surface area contributed by atoms with Gasteiger partial charge in [0.05, 0.1) is 11.9 Å². The molecular weight excluding hydrogens is 182 g/mol. The summed E-state index contributed by atoms with van der Waals surface area (Å²) >= 11 is 0. The molecule has 0 aliphatic rings. The molecule has 2 heterocycles. The predicted molar refractivity (Wildman–Crippen MR) is 49.5 cm³/mol. The van der Waals surface area contributed by atoms with Crippen molar-refractivity contribution in [1.82, 2.24) is 20.0 Å². The lowest BCUT2D eigenvalue weighted by molar-refractivity contribution is 0.442. The SMILES string of the molecule is Cc1nc(Cn2cc(N)nn2)oc1C. The molecule has 2 aromatic heterocycles. The van der Waals surface area contributed by atoms with Crippen LogP contribution in [-0.4, -0.2) is 20.0 Å². The van der Waals surface area contributed by atoms with Crippen LogP contribution < -0.4 is 5.73 Å². The molecule has 0 saturated heterocycles. The van der Waals surface area contributed by atoms with Gasteiger partial charge >= 0.3 is 0 Å². The highest BCUT2D eigenvalue weighted by atomic mass is 16.4. The quantitative estimate of drug-likeness (QED) is 0.751. The van der Waals surface area contributed by atoms with Crippen LogP contribution in [0.3, 0.4) is 0 Å². The summed E-state index contributed by atoms with van der Waals surface area (Å²) < 4.78 is 6.97. The Labute approximate surface area is 80.7 Å². The van der Waals surface area contributed by atoms with Gasteiger partial charge in [0.2, 0.25) is 5.89 Å². The Morgan fingerprint density at radius 2 is 2.29 bits per heavy atom. The molecule has 14 heavy (non-hydrogen) atoms. The molecule has 2 aromatic rings. The second-order valence-corrected chi connectivity index (χ2v) is 3.09. The monoisotopic (exact) mass is 193 g/mol. The summed E-state index contributed by atoms with van der Waals surface area (Å²) in [6.45, 7) is 4.23. The van der Waals surface area contributed by atoms with E-state index in [0.717, 1.165) is 11.5 Å². The van der Waals surface area contributed by atoms with Gasteiger partial charge in [-0.15, -0.1) is 5.10 Å². The van der Waals surface area contributed by atoms with Crippen molar-refractivity contribution >= 4 is 5.82 Å². The van der Waals surface area contributed by atoms with Crippen LogP contribution in [0.4, 0.5) is 5.82 Å². The molecule has 0 amide bonds. The van der Waals surface area contributed by atoms with Crippen molar-refractivity contribution in [1.29, 1.82) is 0 Å². The predicted octanol–water partition coefficient (Wildman–Crippen LogP) is 0.513. The summed E-state index contributed by atoms with van der Waals surface area (Å²) in [6, 6.07) is 0. The van der Waals surface area contributed by atoms with E-state index < -0.39 is 0 Å². The zero-order valence-corrected chi connectivity index (χ0v) is 8.06. The van der Waals surface area contributed by atoms with E-state index in [1.807, 2.05) is 13.8 Å². The molecule has 2 N–H and O–H groups in total. The Hall–Kier alpha value is -1.85. The first-order valence-electron chi connectivity index (χ1n) is 4.23. The molecule has 74 valence electrons. The summed E-state index contributed by atoms with van der Waals surface area (Å²) in [7, 11) is 0. The Kier molecular flexibility index (Phi) is 1.95. The van der Waals surface area contributed by atoms with Crippen molar-refractivity contribution in [3.05, 3.63) is 23.5 Å². The number of aryl methyl sites for hydroxylation is 2. The van der Waals surface area contributed by atoms with Crippen LogP contribution in [0.15, 0.2) is 10.6 Å². The van der Waals surface area contributed by atoms with Gasteiger partial charge in [-0.05, 0) is 13.8 Å². The number of hydrogen-bond donors (Lipinski definition) is 1. The van der Waals surface area contributed by atoms with Gasteiger partial charge in [-0.3, -0.25) is 0 Å². The van der Waals surface area contributed by atoms with E-state index in [4.69, 9.17) is 10.2 Å². The van der Waals surface area contributed by atoms with Gasteiger partial charge in [0.15, 0.2) is 5.82 Å². The van der Waals surface area contributed by atoms with E-state index in [9.17, 15) is 0 Å². The number of anilines is 1. The molecule has 0 aliphatic carbocycles. The molecule has 0 aliphatic heterocycles. The van der Waals surface area contributed by atoms with Crippen LogP contribution in [0.2, 0.25) is 0 Å². The lowest BCUT2D eigenvalue weighted by Gasteiger charge is -1.92. The van der Waals surface area contributed by atoms with Crippen molar-refractivity contribution in [2.75, 3.05) is 5.73 Å². The van der Waals surface area contributed by atoms with E-state index in [-0.39, 0.29) is 0 Å². The minimum atomic E-state index is 0.394. The van der Waals surface area contributed by atoms with Gasteiger partial charge in [-0.25, -0.2) is 9.67 Å². The van der Waals surface area contributed by atoms with Crippen molar-refractivity contribution in [2.24, 2.45) is 0 Å². The molecular formula is C8H11N5O. The highest BCUT2D eigenvalue weighted by Crippen LogP contribution is 2.09. The third-order valence-corrected chi connectivity index (χ3v) is 1.93. The fourth-order valence-corrected chi connectivity index (χ4v) is 1.14. The largest absolute Gasteiger partial charge is 0.444 e. The number of aromatic nitrogens is 4. The minimum Gasteiger partial charge on any atom is -0.444 e. The molecule has 2 rings (SSSR count). The van der Waals surface area contributed by atoms with Crippen molar-refractivity contribution in [2.45, 2.75) is 20.4 Å². The zero-order chi connectivity index (χ0) is 10.1. The van der Waals surface area contributed by atoms with E-state index in [1.54, 1.807) is 10.9 Å². The topological polar surface area (TPSA) is 82.8 Å². The van der Waals surface area contributed by atoms with E-state index in [2.05, 4.69) is 15.3 Å². The van der Waals surface area contributed by atoms with Crippen molar-refractivity contribution in [3.8, 4) is 0 Å². The first-order chi connectivity index (χ1) is 6.65. The molecule has 6 nitrogen and oxygen atoms in total. The lowest BCUT2D eigenvalue weighted by atomic mass is 10.4. The third-order valence-electron chi connectivity index (χ3n) is 1.93. The molecule has 0 aromatic carbocycles. The number of hydrogen-bond acceptors (Lipinski definition) is 5. The van der Waals surface area contributed by atoms with Crippen LogP contribution in [0.1, 0.15) is 17.3 Å². The Morgan fingerprint density at radius 3 is 2.79 bits per heavy atom. The van der Waals surface area contributed by atoms with Crippen molar-refractivity contribution in [3.63, 3.8) is 0 Å². The average Bonchev–Trinajstić information content (AvgIpc) is 2.62. The van der Waals surface area contributed by atoms with Crippen LogP contribution in [0.5, 0.6) is 0 Å². The normalized spacial score (nSPS) is 10.7. The molecule has 0 unspecified atom stereocenters. The lowest BCUT2D eigenvalue weighted by Crippen LogP contribution is -2.00. The van der Waals surface area contributed by atoms with E-state index in [0.29, 0.717) is 18.3 Å². The Morgan fingerprint density at radius 1 is 1.50 bits per heavy atom. The minimum absolute atomic E-state index is 0.394. The van der Waals surface area contributed by atoms with Gasteiger partial charge in [-0.1, -0.05) is 5.21 Å². The fraction of sp³-hybridized carbons (Fsp3) is 0.375. The van der Waals surface area contributed by atoms with Gasteiger partial charge in [0, 0.05) is 0 Å². The number of nitrogens with two attached hydrogens (primary N) is 1. The van der Waals surface area contributed by atoms with Gasteiger partial charge < -0.3 is 10.2 Å². The van der Waals surface area contributed by atoms with Gasteiger partial charge in [0.25, 0.3) is 0 Å². The second kappa shape index (κ2) is 3.13. The van der Waals surface area contributed by atoms with Gasteiger partial charge in [-0.2, -0.15) is 0 Å². The molecule has 0 saturated carbocycles. The zero-order valence-electron chi connectivity index (χ0n) is 8.06. The number of nitrogen functional groups attached to an aromatic ring is 1. The maximum atomic E-state index is 5.42. The first-order valence-corrected chi connectivity index (χ1v) is 4.23. The Bertz CT molecular complexity index is 425. The van der Waals surface area contributed by atoms with E-state index >= 15 is 0 Å². The molecule has 6 heteroatoms. The fourth-order valence-electron chi connectivity index (χ4n) is 1.14. The average molecular weight is 193 g/mol.